The molecule has 1 aliphatic carbocycles. The molecule has 5 rings (SSSR count). The third-order valence-electron chi connectivity index (χ3n) is 5.01. The molecule has 0 fully saturated rings. The fraction of sp³-hybridized carbons (Fsp3) is 0.100. The van der Waals surface area contributed by atoms with Gasteiger partial charge in [0.25, 0.3) is 0 Å². The van der Waals surface area contributed by atoms with Crippen LogP contribution in [0.3, 0.4) is 0 Å². The summed E-state index contributed by atoms with van der Waals surface area (Å²) < 4.78 is 0. The zero-order valence-corrected chi connectivity index (χ0v) is 14.9. The number of anilines is 1. The summed E-state index contributed by atoms with van der Waals surface area (Å²) in [5.74, 6) is -0.343. The molecular formula is C20H12Cl2N2O2. The highest BCUT2D eigenvalue weighted by Crippen LogP contribution is 2.37. The summed E-state index contributed by atoms with van der Waals surface area (Å²) in [6, 6.07) is 10.4. The maximum atomic E-state index is 13.0. The van der Waals surface area contributed by atoms with Crippen molar-refractivity contribution >= 4 is 51.7 Å². The second kappa shape index (κ2) is 5.47. The van der Waals surface area contributed by atoms with Gasteiger partial charge in [-0.05, 0) is 42.5 Å². The predicted octanol–water partition coefficient (Wildman–Crippen LogP) is 4.66. The van der Waals surface area contributed by atoms with Gasteiger partial charge in [-0.1, -0.05) is 23.2 Å². The molecule has 0 saturated carbocycles. The van der Waals surface area contributed by atoms with Gasteiger partial charge in [0.2, 0.25) is 0 Å². The van der Waals surface area contributed by atoms with Crippen LogP contribution < -0.4 is 10.7 Å². The molecule has 1 unspecified atom stereocenters. The Hall–Kier alpha value is -2.56. The monoisotopic (exact) mass is 382 g/mol. The van der Waals surface area contributed by atoms with Gasteiger partial charge in [0.15, 0.2) is 11.2 Å². The molecular weight excluding hydrogens is 371 g/mol. The summed E-state index contributed by atoms with van der Waals surface area (Å²) in [4.78, 5) is 29.2. The molecule has 2 aliphatic rings. The Labute approximate surface area is 158 Å². The number of hydrogen-bond acceptors (Lipinski definition) is 3. The summed E-state index contributed by atoms with van der Waals surface area (Å²) in [6.45, 7) is 0. The first kappa shape index (κ1) is 15.7. The number of rotatable bonds is 0. The van der Waals surface area contributed by atoms with E-state index in [-0.39, 0.29) is 17.1 Å². The maximum absolute atomic E-state index is 13.0. The zero-order chi connectivity index (χ0) is 18.0. The van der Waals surface area contributed by atoms with Crippen LogP contribution in [0.4, 0.5) is 5.69 Å². The van der Waals surface area contributed by atoms with Crippen LogP contribution in [-0.4, -0.2) is 10.8 Å². The van der Waals surface area contributed by atoms with Crippen LogP contribution in [0.2, 0.25) is 10.0 Å². The quantitative estimate of drug-likeness (QED) is 0.594. The van der Waals surface area contributed by atoms with E-state index < -0.39 is 0 Å². The predicted molar refractivity (Wildman–Crippen MR) is 104 cm³/mol. The van der Waals surface area contributed by atoms with Crippen LogP contribution in [0, 0.1) is 5.92 Å². The minimum absolute atomic E-state index is 0.00945. The molecule has 0 radical (unpaired) electrons. The minimum atomic E-state index is -0.353. The van der Waals surface area contributed by atoms with Crippen molar-refractivity contribution in [3.63, 3.8) is 0 Å². The normalized spacial score (nSPS) is 17.8. The second-order valence-corrected chi connectivity index (χ2v) is 7.44. The van der Waals surface area contributed by atoms with Crippen LogP contribution in [0.25, 0.3) is 17.0 Å². The number of allylic oxidation sites excluding steroid dienone is 1. The van der Waals surface area contributed by atoms with Gasteiger partial charge in [-0.2, -0.15) is 0 Å². The molecule has 1 atom stereocenters. The SMILES string of the molecule is O=C1c2cc(Cl)ccc2NC2=Cc3c([nH]c4ccc(Cl)cc4c3=O)CC12. The average molecular weight is 383 g/mol. The van der Waals surface area contributed by atoms with Gasteiger partial charge < -0.3 is 10.3 Å². The first-order valence-electron chi connectivity index (χ1n) is 8.18. The summed E-state index contributed by atoms with van der Waals surface area (Å²) in [5.41, 5.74) is 4.00. The van der Waals surface area contributed by atoms with Gasteiger partial charge in [-0.3, -0.25) is 9.59 Å². The van der Waals surface area contributed by atoms with Crippen LogP contribution in [0.15, 0.2) is 46.9 Å². The van der Waals surface area contributed by atoms with Gasteiger partial charge in [0.05, 0.1) is 5.92 Å². The molecule has 6 heteroatoms. The van der Waals surface area contributed by atoms with E-state index in [4.69, 9.17) is 23.2 Å². The van der Waals surface area contributed by atoms with Crippen LogP contribution in [0.1, 0.15) is 21.6 Å². The fourth-order valence-corrected chi connectivity index (χ4v) is 4.08. The molecule has 1 aromatic heterocycles. The molecule has 0 spiro atoms. The van der Waals surface area contributed by atoms with Crippen molar-refractivity contribution in [2.24, 2.45) is 5.92 Å². The number of benzene rings is 2. The number of carbonyl (C=O) groups excluding carboxylic acids is 1. The largest absolute Gasteiger partial charge is 0.358 e. The average Bonchev–Trinajstić information content (AvgIpc) is 2.63. The summed E-state index contributed by atoms with van der Waals surface area (Å²) >= 11 is 12.1. The zero-order valence-electron chi connectivity index (χ0n) is 13.4. The Kier molecular flexibility index (Phi) is 3.30. The number of H-pyrrole nitrogens is 1. The number of fused-ring (bicyclic) bond motifs is 4. The Morgan fingerprint density at radius 1 is 1.00 bits per heavy atom. The standard InChI is InChI=1S/C20H12Cl2N2O2/c21-9-1-3-15-11(5-9)19(25)13-8-18-14(7-17(13)23-15)20(26)12-6-10(22)2-4-16(12)24-18/h1-7,13,23H,8H2,(H,24,26). The van der Waals surface area contributed by atoms with Gasteiger partial charge in [0, 0.05) is 55.6 Å². The lowest BCUT2D eigenvalue weighted by Gasteiger charge is -2.31. The molecule has 0 bridgehead atoms. The number of carbonyl (C=O) groups is 1. The number of aromatic amines is 1. The smallest absolute Gasteiger partial charge is 0.196 e. The van der Waals surface area contributed by atoms with E-state index in [1.54, 1.807) is 42.5 Å². The Balaban J connectivity index is 1.72. The molecule has 2 aromatic carbocycles. The van der Waals surface area contributed by atoms with Crippen molar-refractivity contribution in [1.29, 1.82) is 0 Å². The molecule has 2 N–H and O–H groups in total. The molecule has 3 aromatic rings. The topological polar surface area (TPSA) is 62.0 Å². The number of Topliss-reactive ketones (excluding diaryl/α,β-unsaturated/α-hetero) is 1. The summed E-state index contributed by atoms with van der Waals surface area (Å²) in [6.07, 6.45) is 2.21. The Bertz CT molecular complexity index is 1210. The van der Waals surface area contributed by atoms with Crippen LogP contribution >= 0.6 is 23.2 Å². The number of nitrogens with one attached hydrogen (secondary N) is 2. The fourth-order valence-electron chi connectivity index (χ4n) is 3.74. The van der Waals surface area contributed by atoms with E-state index in [1.807, 2.05) is 0 Å². The Morgan fingerprint density at radius 3 is 2.62 bits per heavy atom. The Morgan fingerprint density at radius 2 is 1.77 bits per heavy atom. The number of halogens is 2. The summed E-state index contributed by atoms with van der Waals surface area (Å²) in [7, 11) is 0. The van der Waals surface area contributed by atoms with E-state index in [1.165, 1.54) is 0 Å². The second-order valence-electron chi connectivity index (χ2n) is 6.57. The van der Waals surface area contributed by atoms with Crippen molar-refractivity contribution in [3.8, 4) is 0 Å². The molecule has 1 aliphatic heterocycles. The maximum Gasteiger partial charge on any atom is 0.196 e. The lowest BCUT2D eigenvalue weighted by Crippen LogP contribution is -2.33. The van der Waals surface area contributed by atoms with E-state index >= 15 is 0 Å². The molecule has 4 nitrogen and oxygen atoms in total. The van der Waals surface area contributed by atoms with Gasteiger partial charge in [-0.15, -0.1) is 0 Å². The third kappa shape index (κ3) is 2.23. The van der Waals surface area contributed by atoms with E-state index in [0.717, 1.165) is 16.9 Å². The molecule has 0 amide bonds. The lowest BCUT2D eigenvalue weighted by atomic mass is 9.81. The van der Waals surface area contributed by atoms with Crippen molar-refractivity contribution in [1.82, 2.24) is 4.98 Å². The van der Waals surface area contributed by atoms with Gasteiger partial charge in [0.1, 0.15) is 0 Å². The van der Waals surface area contributed by atoms with Gasteiger partial charge >= 0.3 is 0 Å². The van der Waals surface area contributed by atoms with E-state index in [9.17, 15) is 9.59 Å². The first-order chi connectivity index (χ1) is 12.5. The highest BCUT2D eigenvalue weighted by Gasteiger charge is 2.35. The van der Waals surface area contributed by atoms with Crippen LogP contribution in [-0.2, 0) is 6.42 Å². The molecule has 128 valence electrons. The van der Waals surface area contributed by atoms with E-state index in [2.05, 4.69) is 10.3 Å². The van der Waals surface area contributed by atoms with Crippen molar-refractivity contribution in [2.45, 2.75) is 6.42 Å². The van der Waals surface area contributed by atoms with Crippen molar-refractivity contribution < 1.29 is 4.79 Å². The number of ketones is 1. The van der Waals surface area contributed by atoms with Gasteiger partial charge in [-0.25, -0.2) is 0 Å². The van der Waals surface area contributed by atoms with Crippen LogP contribution in [0.5, 0.6) is 0 Å². The number of pyridine rings is 1. The van der Waals surface area contributed by atoms with Crippen molar-refractivity contribution in [2.75, 3.05) is 5.32 Å². The molecule has 26 heavy (non-hydrogen) atoms. The molecule has 2 heterocycles. The minimum Gasteiger partial charge on any atom is -0.358 e. The van der Waals surface area contributed by atoms with E-state index in [0.29, 0.717) is 38.7 Å². The lowest BCUT2D eigenvalue weighted by molar-refractivity contribution is 0.0935. The highest BCUT2D eigenvalue weighted by atomic mass is 35.5. The number of hydrogen-bond donors (Lipinski definition) is 2. The highest BCUT2D eigenvalue weighted by molar-refractivity contribution is 6.31. The summed E-state index contributed by atoms with van der Waals surface area (Å²) in [5, 5.41) is 4.87. The number of aromatic nitrogens is 1. The van der Waals surface area contributed by atoms with Crippen molar-refractivity contribution in [3.05, 3.63) is 79.2 Å². The molecule has 0 saturated heterocycles. The third-order valence-corrected chi connectivity index (χ3v) is 5.48. The first-order valence-corrected chi connectivity index (χ1v) is 8.93.